The summed E-state index contributed by atoms with van der Waals surface area (Å²) in [4.78, 5) is -0.199. The number of aromatic nitrogens is 2. The van der Waals surface area contributed by atoms with E-state index in [1.54, 1.807) is 12.1 Å². The number of sulfonamides is 1. The summed E-state index contributed by atoms with van der Waals surface area (Å²) in [5, 5.41) is 7.39. The first-order valence-electron chi connectivity index (χ1n) is 5.41. The lowest BCUT2D eigenvalue weighted by Crippen LogP contribution is -2.24. The Kier molecular flexibility index (Phi) is 4.31. The number of nitrogens with two attached hydrogens (primary N) is 1. The fourth-order valence-electron chi connectivity index (χ4n) is 1.45. The molecular weight excluding hydrogens is 351 g/mol. The Labute approximate surface area is 123 Å². The lowest BCUT2D eigenvalue weighted by Gasteiger charge is -2.09. The van der Waals surface area contributed by atoms with Crippen LogP contribution in [-0.2, 0) is 16.6 Å². The summed E-state index contributed by atoms with van der Waals surface area (Å²) in [6.07, 6.45) is 1.48. The molecule has 20 heavy (non-hydrogen) atoms. The van der Waals surface area contributed by atoms with E-state index in [1.807, 2.05) is 0 Å². The highest BCUT2D eigenvalue weighted by molar-refractivity contribution is 9.10. The van der Waals surface area contributed by atoms with E-state index in [9.17, 15) is 12.8 Å². The Hall–Kier alpha value is -1.58. The molecule has 3 N–H and O–H groups in total. The van der Waals surface area contributed by atoms with Gasteiger partial charge in [0.15, 0.2) is 0 Å². The summed E-state index contributed by atoms with van der Waals surface area (Å²) in [6.45, 7) is -0.0371. The highest BCUT2D eigenvalue weighted by atomic mass is 79.9. The number of rotatable bonds is 4. The molecule has 106 valence electrons. The summed E-state index contributed by atoms with van der Waals surface area (Å²) in [5.74, 6) is -0.629. The van der Waals surface area contributed by atoms with Crippen molar-refractivity contribution in [2.24, 2.45) is 0 Å². The molecule has 9 heteroatoms. The second-order valence-electron chi connectivity index (χ2n) is 3.84. The van der Waals surface area contributed by atoms with Crippen LogP contribution in [0.2, 0.25) is 0 Å². The second kappa shape index (κ2) is 5.81. The molecule has 0 saturated carbocycles. The number of nitrogens with zero attached hydrogens (tertiary/aromatic N) is 2. The number of benzene rings is 1. The van der Waals surface area contributed by atoms with E-state index in [1.165, 1.54) is 6.20 Å². The zero-order chi connectivity index (χ0) is 14.8. The van der Waals surface area contributed by atoms with Gasteiger partial charge in [-0.25, -0.2) is 17.5 Å². The molecule has 0 bridgehead atoms. The van der Waals surface area contributed by atoms with E-state index < -0.39 is 15.8 Å². The van der Waals surface area contributed by atoms with E-state index in [0.717, 1.165) is 12.1 Å². The monoisotopic (exact) mass is 360 g/mol. The fourth-order valence-corrected chi connectivity index (χ4v) is 3.08. The molecule has 1 aromatic carbocycles. The lowest BCUT2D eigenvalue weighted by atomic mass is 10.3. The van der Waals surface area contributed by atoms with Crippen molar-refractivity contribution in [2.45, 2.75) is 11.4 Å². The van der Waals surface area contributed by atoms with Crippen molar-refractivity contribution in [3.05, 3.63) is 46.4 Å². The zero-order valence-corrected chi connectivity index (χ0v) is 12.4. The van der Waals surface area contributed by atoms with Crippen LogP contribution in [0.1, 0.15) is 5.69 Å². The number of anilines is 1. The topological polar surface area (TPSA) is 98.0 Å². The third-order valence-corrected chi connectivity index (χ3v) is 4.48. The molecule has 0 amide bonds. The first-order valence-corrected chi connectivity index (χ1v) is 7.68. The minimum absolute atomic E-state index is 0.0200. The average molecular weight is 361 g/mol. The summed E-state index contributed by atoms with van der Waals surface area (Å²) in [6, 6.07) is 5.32. The van der Waals surface area contributed by atoms with Gasteiger partial charge in [0.2, 0.25) is 10.0 Å². The zero-order valence-electron chi connectivity index (χ0n) is 10.0. The molecule has 0 aliphatic carbocycles. The van der Waals surface area contributed by atoms with Gasteiger partial charge in [0.1, 0.15) is 10.7 Å². The second-order valence-corrected chi connectivity index (χ2v) is 6.43. The predicted molar refractivity (Wildman–Crippen MR) is 74.6 cm³/mol. The highest BCUT2D eigenvalue weighted by Gasteiger charge is 2.19. The third kappa shape index (κ3) is 3.30. The van der Waals surface area contributed by atoms with Gasteiger partial charge in [-0.1, -0.05) is 0 Å². The Morgan fingerprint density at radius 3 is 2.80 bits per heavy atom. The molecule has 0 saturated heterocycles. The normalized spacial score (nSPS) is 11.5. The van der Waals surface area contributed by atoms with Crippen LogP contribution in [-0.4, -0.2) is 18.6 Å². The Morgan fingerprint density at radius 2 is 2.15 bits per heavy atom. The van der Waals surface area contributed by atoms with Crippen molar-refractivity contribution in [2.75, 3.05) is 5.73 Å². The number of nitrogens with one attached hydrogen (secondary N) is 1. The first-order chi connectivity index (χ1) is 9.40. The maximum Gasteiger partial charge on any atom is 0.243 e. The van der Waals surface area contributed by atoms with Gasteiger partial charge in [-0.3, -0.25) is 0 Å². The van der Waals surface area contributed by atoms with Crippen LogP contribution in [0.4, 0.5) is 10.1 Å². The molecule has 1 aromatic heterocycles. The third-order valence-electron chi connectivity index (χ3n) is 2.41. The van der Waals surface area contributed by atoms with Crippen molar-refractivity contribution >= 4 is 31.6 Å². The number of hydrogen-bond acceptors (Lipinski definition) is 5. The minimum Gasteiger partial charge on any atom is -0.398 e. The fraction of sp³-hybridized carbons (Fsp3) is 0.0909. The quantitative estimate of drug-likeness (QED) is 0.803. The molecule has 1 heterocycles. The van der Waals surface area contributed by atoms with Crippen LogP contribution in [0, 0.1) is 5.82 Å². The van der Waals surface area contributed by atoms with Crippen LogP contribution in [0.5, 0.6) is 0 Å². The molecule has 0 radical (unpaired) electrons. The number of halogens is 2. The van der Waals surface area contributed by atoms with Gasteiger partial charge in [0.25, 0.3) is 0 Å². The minimum atomic E-state index is -3.87. The van der Waals surface area contributed by atoms with Crippen molar-refractivity contribution in [1.82, 2.24) is 14.9 Å². The number of nitrogen functional groups attached to an aromatic ring is 1. The molecule has 0 aliphatic rings. The van der Waals surface area contributed by atoms with Gasteiger partial charge >= 0.3 is 0 Å². The number of hydrogen-bond donors (Lipinski definition) is 2. The van der Waals surface area contributed by atoms with Crippen molar-refractivity contribution < 1.29 is 12.8 Å². The largest absolute Gasteiger partial charge is 0.398 e. The predicted octanol–water partition coefficient (Wildman–Crippen LogP) is 1.44. The van der Waals surface area contributed by atoms with E-state index in [4.69, 9.17) is 5.73 Å². The Bertz CT molecular complexity index is 725. The Morgan fingerprint density at radius 1 is 1.40 bits per heavy atom. The summed E-state index contributed by atoms with van der Waals surface area (Å²) < 4.78 is 39.8. The molecule has 0 unspecified atom stereocenters. The molecule has 2 aromatic rings. The van der Waals surface area contributed by atoms with Crippen LogP contribution in [0.25, 0.3) is 0 Å². The maximum absolute atomic E-state index is 13.2. The van der Waals surface area contributed by atoms with Crippen LogP contribution in [0.3, 0.4) is 0 Å². The molecule has 2 rings (SSSR count). The first kappa shape index (κ1) is 14.8. The van der Waals surface area contributed by atoms with Crippen molar-refractivity contribution in [1.29, 1.82) is 0 Å². The van der Waals surface area contributed by atoms with Gasteiger partial charge in [-0.2, -0.15) is 10.2 Å². The summed E-state index contributed by atoms with van der Waals surface area (Å²) in [5.41, 5.74) is 5.82. The molecule has 0 spiro atoms. The van der Waals surface area contributed by atoms with Crippen molar-refractivity contribution in [3.8, 4) is 0 Å². The van der Waals surface area contributed by atoms with Gasteiger partial charge in [-0.15, -0.1) is 0 Å². The highest BCUT2D eigenvalue weighted by Crippen LogP contribution is 2.26. The molecule has 0 aliphatic heterocycles. The Balaban J connectivity index is 2.25. The van der Waals surface area contributed by atoms with Crippen LogP contribution >= 0.6 is 15.9 Å². The molecule has 0 atom stereocenters. The van der Waals surface area contributed by atoms with Gasteiger partial charge in [-0.05, 0) is 40.2 Å². The average Bonchev–Trinajstić information content (AvgIpc) is 2.42. The molecule has 6 nitrogen and oxygen atoms in total. The van der Waals surface area contributed by atoms with Gasteiger partial charge in [0.05, 0.1) is 22.4 Å². The summed E-state index contributed by atoms with van der Waals surface area (Å²) >= 11 is 2.92. The smallest absolute Gasteiger partial charge is 0.243 e. The molecule has 0 fully saturated rings. The van der Waals surface area contributed by atoms with Crippen molar-refractivity contribution in [3.63, 3.8) is 0 Å². The van der Waals surface area contributed by atoms with E-state index in [0.29, 0.717) is 5.69 Å². The van der Waals surface area contributed by atoms with Gasteiger partial charge < -0.3 is 5.73 Å². The standard InChI is InChI=1S/C11H10BrFN4O2S/c12-8-4-11(10(14)5-9(8)13)20(18,19)16-6-7-2-1-3-15-17-7/h1-5,16H,6,14H2. The van der Waals surface area contributed by atoms with E-state index >= 15 is 0 Å². The summed E-state index contributed by atoms with van der Waals surface area (Å²) in [7, 11) is -3.87. The van der Waals surface area contributed by atoms with Crippen LogP contribution < -0.4 is 10.5 Å². The van der Waals surface area contributed by atoms with Gasteiger partial charge in [0, 0.05) is 6.20 Å². The van der Waals surface area contributed by atoms with E-state index in [-0.39, 0.29) is 21.6 Å². The SMILES string of the molecule is Nc1cc(F)c(Br)cc1S(=O)(=O)NCc1cccnn1. The maximum atomic E-state index is 13.2. The lowest BCUT2D eigenvalue weighted by molar-refractivity contribution is 0.579. The molecular formula is C11H10BrFN4O2S. The van der Waals surface area contributed by atoms with E-state index in [2.05, 4.69) is 30.8 Å². The van der Waals surface area contributed by atoms with Crippen LogP contribution in [0.15, 0.2) is 39.8 Å².